The minimum atomic E-state index is 0.0556. The first-order valence-electron chi connectivity index (χ1n) is 6.48. The molecule has 0 fully saturated rings. The highest BCUT2D eigenvalue weighted by Crippen LogP contribution is 2.07. The van der Waals surface area contributed by atoms with E-state index >= 15 is 0 Å². The van der Waals surface area contributed by atoms with Gasteiger partial charge in [-0.05, 0) is 38.5 Å². The lowest BCUT2D eigenvalue weighted by Gasteiger charge is -2.18. The summed E-state index contributed by atoms with van der Waals surface area (Å²) >= 11 is 0. The van der Waals surface area contributed by atoms with Gasteiger partial charge in [0.25, 0.3) is 0 Å². The van der Waals surface area contributed by atoms with E-state index in [-0.39, 0.29) is 12.5 Å². The first kappa shape index (κ1) is 13.3. The minimum absolute atomic E-state index is 0.0556. The molecule has 6 heteroatoms. The van der Waals surface area contributed by atoms with Gasteiger partial charge >= 0.3 is 0 Å². The Bertz CT molecular complexity index is 573. The number of aryl methyl sites for hydroxylation is 1. The topological polar surface area (TPSA) is 62.5 Å². The van der Waals surface area contributed by atoms with Crippen LogP contribution in [0.2, 0.25) is 0 Å². The van der Waals surface area contributed by atoms with Crippen LogP contribution in [0.5, 0.6) is 0 Å². The second-order valence-corrected chi connectivity index (χ2v) is 4.36. The van der Waals surface area contributed by atoms with Crippen LogP contribution in [0, 0.1) is 6.92 Å². The van der Waals surface area contributed by atoms with Crippen molar-refractivity contribution in [2.24, 2.45) is 0 Å². The summed E-state index contributed by atoms with van der Waals surface area (Å²) in [4.78, 5) is 17.9. The van der Waals surface area contributed by atoms with Crippen LogP contribution in [0.25, 0.3) is 5.65 Å². The molecule has 19 heavy (non-hydrogen) atoms. The monoisotopic (exact) mass is 261 g/mol. The number of rotatable bonds is 5. The summed E-state index contributed by atoms with van der Waals surface area (Å²) in [7, 11) is 0. The second kappa shape index (κ2) is 5.69. The zero-order valence-electron chi connectivity index (χ0n) is 11.6. The molecule has 0 aromatic carbocycles. The maximum Gasteiger partial charge on any atom is 0.243 e. The number of hydrogen-bond donors (Lipinski definition) is 1. The SMILES string of the molecule is CCN(CC)C(=O)CNc1nc2cc(C)ccn2n1. The number of carbonyl (C=O) groups is 1. The average Bonchev–Trinajstić information content (AvgIpc) is 2.79. The Kier molecular flexibility index (Phi) is 3.99. The van der Waals surface area contributed by atoms with E-state index in [9.17, 15) is 4.79 Å². The van der Waals surface area contributed by atoms with Crippen molar-refractivity contribution in [3.8, 4) is 0 Å². The van der Waals surface area contributed by atoms with Crippen LogP contribution < -0.4 is 5.32 Å². The van der Waals surface area contributed by atoms with Crippen molar-refractivity contribution in [1.82, 2.24) is 19.5 Å². The molecule has 0 aliphatic rings. The average molecular weight is 261 g/mol. The fourth-order valence-electron chi connectivity index (χ4n) is 1.90. The van der Waals surface area contributed by atoms with E-state index < -0.39 is 0 Å². The first-order chi connectivity index (χ1) is 9.13. The van der Waals surface area contributed by atoms with Crippen molar-refractivity contribution >= 4 is 17.5 Å². The lowest BCUT2D eigenvalue weighted by atomic mass is 10.3. The smallest absolute Gasteiger partial charge is 0.243 e. The highest BCUT2D eigenvalue weighted by atomic mass is 16.2. The fourth-order valence-corrected chi connectivity index (χ4v) is 1.90. The molecule has 0 atom stereocenters. The zero-order chi connectivity index (χ0) is 13.8. The van der Waals surface area contributed by atoms with E-state index in [0.717, 1.165) is 24.3 Å². The maximum atomic E-state index is 11.8. The second-order valence-electron chi connectivity index (χ2n) is 4.36. The summed E-state index contributed by atoms with van der Waals surface area (Å²) in [5.41, 5.74) is 1.91. The van der Waals surface area contributed by atoms with Crippen LogP contribution >= 0.6 is 0 Å². The van der Waals surface area contributed by atoms with Crippen LogP contribution in [0.1, 0.15) is 19.4 Å². The van der Waals surface area contributed by atoms with Crippen molar-refractivity contribution in [3.05, 3.63) is 23.9 Å². The van der Waals surface area contributed by atoms with E-state index in [0.29, 0.717) is 5.95 Å². The third-order valence-corrected chi connectivity index (χ3v) is 3.01. The van der Waals surface area contributed by atoms with Crippen molar-refractivity contribution in [2.75, 3.05) is 25.0 Å². The number of pyridine rings is 1. The third kappa shape index (κ3) is 3.01. The van der Waals surface area contributed by atoms with Crippen LogP contribution in [0.3, 0.4) is 0 Å². The molecule has 0 aliphatic heterocycles. The van der Waals surface area contributed by atoms with Gasteiger partial charge in [-0.1, -0.05) is 0 Å². The highest BCUT2D eigenvalue weighted by Gasteiger charge is 2.10. The molecule has 1 amide bonds. The summed E-state index contributed by atoms with van der Waals surface area (Å²) < 4.78 is 1.69. The number of aromatic nitrogens is 3. The maximum absolute atomic E-state index is 11.8. The lowest BCUT2D eigenvalue weighted by Crippen LogP contribution is -2.35. The molecule has 0 bridgehead atoms. The Morgan fingerprint density at radius 2 is 2.16 bits per heavy atom. The van der Waals surface area contributed by atoms with Crippen LogP contribution in [-0.4, -0.2) is 45.0 Å². The Labute approximate surface area is 112 Å². The minimum Gasteiger partial charge on any atom is -0.344 e. The Morgan fingerprint density at radius 1 is 1.42 bits per heavy atom. The van der Waals surface area contributed by atoms with Gasteiger partial charge in [-0.2, -0.15) is 4.98 Å². The quantitative estimate of drug-likeness (QED) is 0.881. The summed E-state index contributed by atoms with van der Waals surface area (Å²) in [6.07, 6.45) is 1.86. The molecule has 2 heterocycles. The highest BCUT2D eigenvalue weighted by molar-refractivity contribution is 5.80. The number of hydrogen-bond acceptors (Lipinski definition) is 4. The molecule has 0 aliphatic carbocycles. The summed E-state index contributed by atoms with van der Waals surface area (Å²) in [6, 6.07) is 3.91. The van der Waals surface area contributed by atoms with Crippen LogP contribution in [0.15, 0.2) is 18.3 Å². The number of nitrogens with one attached hydrogen (secondary N) is 1. The molecule has 1 N–H and O–H groups in total. The van der Waals surface area contributed by atoms with Gasteiger partial charge in [0.1, 0.15) is 0 Å². The summed E-state index contributed by atoms with van der Waals surface area (Å²) in [5, 5.41) is 7.23. The van der Waals surface area contributed by atoms with E-state index in [4.69, 9.17) is 0 Å². The third-order valence-electron chi connectivity index (χ3n) is 3.01. The molecule has 0 unspecified atom stereocenters. The normalized spacial score (nSPS) is 10.7. The number of nitrogens with zero attached hydrogens (tertiary/aromatic N) is 4. The van der Waals surface area contributed by atoms with Crippen molar-refractivity contribution in [3.63, 3.8) is 0 Å². The van der Waals surface area contributed by atoms with Gasteiger partial charge in [0.05, 0.1) is 6.54 Å². The Morgan fingerprint density at radius 3 is 2.84 bits per heavy atom. The molecule has 0 radical (unpaired) electrons. The van der Waals surface area contributed by atoms with Crippen molar-refractivity contribution in [2.45, 2.75) is 20.8 Å². The van der Waals surface area contributed by atoms with E-state index in [1.54, 1.807) is 9.42 Å². The predicted molar refractivity (Wildman–Crippen MR) is 74.1 cm³/mol. The number of anilines is 1. The number of likely N-dealkylation sites (N-methyl/N-ethyl adjacent to an activating group) is 1. The van der Waals surface area contributed by atoms with Crippen molar-refractivity contribution in [1.29, 1.82) is 0 Å². The predicted octanol–water partition coefficient (Wildman–Crippen LogP) is 1.32. The number of amides is 1. The number of fused-ring (bicyclic) bond motifs is 1. The number of carbonyl (C=O) groups excluding carboxylic acids is 1. The largest absolute Gasteiger partial charge is 0.344 e. The van der Waals surface area contributed by atoms with Gasteiger partial charge in [-0.3, -0.25) is 4.79 Å². The molecule has 0 saturated carbocycles. The standard InChI is InChI=1S/C13H19N5O/c1-4-17(5-2)12(19)9-14-13-15-11-8-10(3)6-7-18(11)16-13/h6-8H,4-5,9H2,1-3H3,(H,14,16). The molecule has 2 aromatic heterocycles. The lowest BCUT2D eigenvalue weighted by molar-refractivity contribution is -0.128. The molecular formula is C13H19N5O. The van der Waals surface area contributed by atoms with E-state index in [1.165, 1.54) is 0 Å². The van der Waals surface area contributed by atoms with Gasteiger partial charge in [-0.25, -0.2) is 4.52 Å². The Hall–Kier alpha value is -2.11. The summed E-state index contributed by atoms with van der Waals surface area (Å²) in [5.74, 6) is 0.533. The zero-order valence-corrected chi connectivity index (χ0v) is 11.6. The molecule has 2 aromatic rings. The molecular weight excluding hydrogens is 242 g/mol. The van der Waals surface area contributed by atoms with E-state index in [1.807, 2.05) is 39.1 Å². The van der Waals surface area contributed by atoms with Gasteiger partial charge < -0.3 is 10.2 Å². The van der Waals surface area contributed by atoms with Crippen molar-refractivity contribution < 1.29 is 4.79 Å². The van der Waals surface area contributed by atoms with Gasteiger partial charge in [0.15, 0.2) is 5.65 Å². The van der Waals surface area contributed by atoms with Gasteiger partial charge in [0.2, 0.25) is 11.9 Å². The summed E-state index contributed by atoms with van der Waals surface area (Å²) in [6.45, 7) is 7.59. The van der Waals surface area contributed by atoms with Gasteiger partial charge in [0, 0.05) is 19.3 Å². The van der Waals surface area contributed by atoms with Gasteiger partial charge in [-0.15, -0.1) is 5.10 Å². The molecule has 0 saturated heterocycles. The molecule has 6 nitrogen and oxygen atoms in total. The Balaban J connectivity index is 2.03. The van der Waals surface area contributed by atoms with Crippen LogP contribution in [0.4, 0.5) is 5.95 Å². The molecule has 102 valence electrons. The molecule has 2 rings (SSSR count). The molecule has 0 spiro atoms. The fraction of sp³-hybridized carbons (Fsp3) is 0.462. The first-order valence-corrected chi connectivity index (χ1v) is 6.48. The van der Waals surface area contributed by atoms with E-state index in [2.05, 4.69) is 15.4 Å². The van der Waals surface area contributed by atoms with Crippen LogP contribution in [-0.2, 0) is 4.79 Å².